The molecule has 2 aliphatic heterocycles. The maximum Gasteiger partial charge on any atom is 0.223 e. The number of nitrogens with zero attached hydrogens (tertiary/aromatic N) is 2. The lowest BCUT2D eigenvalue weighted by atomic mass is 9.84. The Bertz CT molecular complexity index is 515. The smallest absolute Gasteiger partial charge is 0.223 e. The molecule has 0 N–H and O–H groups in total. The maximum atomic E-state index is 12.5. The van der Waals surface area contributed by atoms with Crippen LogP contribution in [-0.2, 0) is 14.8 Å². The van der Waals surface area contributed by atoms with E-state index in [1.165, 1.54) is 0 Å². The molecule has 1 saturated carbocycles. The summed E-state index contributed by atoms with van der Waals surface area (Å²) in [6, 6.07) is 0.740. The predicted molar refractivity (Wildman–Crippen MR) is 85.9 cm³/mol. The van der Waals surface area contributed by atoms with Crippen LogP contribution in [0.1, 0.15) is 58.3 Å². The molecule has 2 atom stereocenters. The van der Waals surface area contributed by atoms with Gasteiger partial charge < -0.3 is 4.90 Å². The van der Waals surface area contributed by atoms with Gasteiger partial charge in [0.05, 0.1) is 5.75 Å². The van der Waals surface area contributed by atoms with Crippen LogP contribution in [0.25, 0.3) is 0 Å². The van der Waals surface area contributed by atoms with Crippen molar-refractivity contribution in [3.8, 4) is 0 Å². The van der Waals surface area contributed by atoms with E-state index in [9.17, 15) is 13.2 Å². The summed E-state index contributed by atoms with van der Waals surface area (Å²) >= 11 is 0. The van der Waals surface area contributed by atoms with Crippen molar-refractivity contribution >= 4 is 15.9 Å². The number of fused-ring (bicyclic) bond motifs is 1. The van der Waals surface area contributed by atoms with Crippen molar-refractivity contribution in [3.63, 3.8) is 0 Å². The van der Waals surface area contributed by atoms with E-state index < -0.39 is 10.0 Å². The van der Waals surface area contributed by atoms with Crippen LogP contribution in [0.4, 0.5) is 0 Å². The van der Waals surface area contributed by atoms with Gasteiger partial charge in [0.1, 0.15) is 0 Å². The van der Waals surface area contributed by atoms with Gasteiger partial charge in [-0.2, -0.15) is 0 Å². The first-order valence-corrected chi connectivity index (χ1v) is 10.4. The van der Waals surface area contributed by atoms with E-state index in [0.29, 0.717) is 37.4 Å². The van der Waals surface area contributed by atoms with Crippen molar-refractivity contribution < 1.29 is 13.2 Å². The minimum atomic E-state index is -3.11. The third-order valence-electron chi connectivity index (χ3n) is 5.37. The van der Waals surface area contributed by atoms with Gasteiger partial charge in [-0.25, -0.2) is 12.7 Å². The molecule has 6 heteroatoms. The van der Waals surface area contributed by atoms with Gasteiger partial charge in [-0.05, 0) is 38.0 Å². The number of hydrogen-bond donors (Lipinski definition) is 0. The zero-order valence-corrected chi connectivity index (χ0v) is 14.4. The molecule has 2 heterocycles. The first-order chi connectivity index (χ1) is 10.5. The molecule has 0 aromatic heterocycles. The van der Waals surface area contributed by atoms with Crippen molar-refractivity contribution in [2.75, 3.05) is 18.8 Å². The number of hydrogen-bond acceptors (Lipinski definition) is 3. The molecule has 0 aromatic carbocycles. The number of amides is 1. The quantitative estimate of drug-likeness (QED) is 0.701. The van der Waals surface area contributed by atoms with E-state index in [1.54, 1.807) is 4.31 Å². The van der Waals surface area contributed by atoms with Crippen molar-refractivity contribution in [1.29, 1.82) is 0 Å². The molecular formula is C16H28N2O3S. The van der Waals surface area contributed by atoms with Crippen LogP contribution in [0.2, 0.25) is 0 Å². The molecule has 1 amide bonds. The second-order valence-electron chi connectivity index (χ2n) is 7.07. The summed E-state index contributed by atoms with van der Waals surface area (Å²) in [7, 11) is -3.11. The Balaban J connectivity index is 1.63. The summed E-state index contributed by atoms with van der Waals surface area (Å²) in [5.41, 5.74) is 0. The van der Waals surface area contributed by atoms with Crippen LogP contribution in [0.15, 0.2) is 0 Å². The third-order valence-corrected chi connectivity index (χ3v) is 7.29. The molecule has 5 nitrogen and oxygen atoms in total. The normalized spacial score (nSPS) is 30.4. The molecule has 3 aliphatic rings. The lowest BCUT2D eigenvalue weighted by Crippen LogP contribution is -2.57. The van der Waals surface area contributed by atoms with Crippen LogP contribution in [0.3, 0.4) is 0 Å². The summed E-state index contributed by atoms with van der Waals surface area (Å²) in [5.74, 6) is 0.916. The topological polar surface area (TPSA) is 57.7 Å². The van der Waals surface area contributed by atoms with Crippen molar-refractivity contribution in [3.05, 3.63) is 0 Å². The van der Waals surface area contributed by atoms with Crippen molar-refractivity contribution in [1.82, 2.24) is 9.21 Å². The van der Waals surface area contributed by atoms with Crippen LogP contribution >= 0.6 is 0 Å². The Labute approximate surface area is 134 Å². The molecule has 0 bridgehead atoms. The highest BCUT2D eigenvalue weighted by Crippen LogP contribution is 2.39. The number of piperidine rings is 2. The van der Waals surface area contributed by atoms with Crippen molar-refractivity contribution in [2.45, 2.75) is 70.4 Å². The Kier molecular flexibility index (Phi) is 4.78. The van der Waals surface area contributed by atoms with Crippen LogP contribution in [-0.4, -0.2) is 54.5 Å². The van der Waals surface area contributed by atoms with E-state index >= 15 is 0 Å². The highest BCUT2D eigenvalue weighted by atomic mass is 32.2. The first-order valence-electron chi connectivity index (χ1n) is 8.82. The van der Waals surface area contributed by atoms with E-state index in [2.05, 4.69) is 11.8 Å². The number of likely N-dealkylation sites (tertiary alicyclic amines) is 1. The number of carbonyl (C=O) groups is 1. The van der Waals surface area contributed by atoms with Gasteiger partial charge in [0.25, 0.3) is 0 Å². The third kappa shape index (κ3) is 3.32. The average Bonchev–Trinajstić information content (AvgIpc) is 3.31. The molecule has 126 valence electrons. The molecule has 0 aromatic rings. The number of carbonyl (C=O) groups excluding carboxylic acids is 1. The molecule has 3 fully saturated rings. The Morgan fingerprint density at radius 3 is 2.59 bits per heavy atom. The highest BCUT2D eigenvalue weighted by Gasteiger charge is 2.46. The maximum absolute atomic E-state index is 12.5. The molecule has 3 rings (SSSR count). The Morgan fingerprint density at radius 1 is 1.14 bits per heavy atom. The fourth-order valence-corrected chi connectivity index (χ4v) is 5.63. The van der Waals surface area contributed by atoms with E-state index in [4.69, 9.17) is 0 Å². The van der Waals surface area contributed by atoms with Gasteiger partial charge >= 0.3 is 0 Å². The molecule has 22 heavy (non-hydrogen) atoms. The summed E-state index contributed by atoms with van der Waals surface area (Å²) in [5, 5.41) is 0. The number of rotatable bonds is 6. The first kappa shape index (κ1) is 16.2. The Hall–Kier alpha value is -0.620. The van der Waals surface area contributed by atoms with Gasteiger partial charge in [-0.15, -0.1) is 0 Å². The highest BCUT2D eigenvalue weighted by molar-refractivity contribution is 7.89. The zero-order valence-electron chi connectivity index (χ0n) is 13.5. The minimum Gasteiger partial charge on any atom is -0.336 e. The molecule has 0 radical (unpaired) electrons. The van der Waals surface area contributed by atoms with Crippen LogP contribution in [0.5, 0.6) is 0 Å². The fraction of sp³-hybridized carbons (Fsp3) is 0.938. The average molecular weight is 328 g/mol. The predicted octanol–water partition coefficient (Wildman–Crippen LogP) is 1.98. The summed E-state index contributed by atoms with van der Waals surface area (Å²) < 4.78 is 26.6. The number of sulfonamides is 1. The second kappa shape index (κ2) is 6.48. The largest absolute Gasteiger partial charge is 0.336 e. The lowest BCUT2D eigenvalue weighted by Gasteiger charge is -2.46. The van der Waals surface area contributed by atoms with Gasteiger partial charge in [0.2, 0.25) is 15.9 Å². The van der Waals surface area contributed by atoms with Crippen LogP contribution < -0.4 is 0 Å². The Morgan fingerprint density at radius 2 is 1.91 bits per heavy atom. The monoisotopic (exact) mass is 328 g/mol. The lowest BCUT2D eigenvalue weighted by molar-refractivity contribution is -0.141. The minimum absolute atomic E-state index is 0.281. The SMILES string of the molecule is CCCCCS(=O)(=O)N1CC[C@@H]2[C@@H](CCC(=O)N2C2CC2)C1. The molecule has 0 unspecified atom stereocenters. The summed E-state index contributed by atoms with van der Waals surface area (Å²) in [4.78, 5) is 14.3. The van der Waals surface area contributed by atoms with Gasteiger partial charge in [-0.3, -0.25) is 4.79 Å². The van der Waals surface area contributed by atoms with Gasteiger partial charge in [0, 0.05) is 31.6 Å². The van der Waals surface area contributed by atoms with E-state index in [0.717, 1.165) is 44.9 Å². The van der Waals surface area contributed by atoms with E-state index in [1.807, 2.05) is 0 Å². The van der Waals surface area contributed by atoms with Gasteiger partial charge in [0.15, 0.2) is 0 Å². The zero-order chi connectivity index (χ0) is 15.7. The number of unbranched alkanes of at least 4 members (excludes halogenated alkanes) is 2. The summed E-state index contributed by atoms with van der Waals surface area (Å²) in [6.07, 6.45) is 7.31. The molecule has 1 aliphatic carbocycles. The molecular weight excluding hydrogens is 300 g/mol. The summed E-state index contributed by atoms with van der Waals surface area (Å²) in [6.45, 7) is 3.30. The van der Waals surface area contributed by atoms with Crippen molar-refractivity contribution in [2.24, 2.45) is 5.92 Å². The van der Waals surface area contributed by atoms with E-state index in [-0.39, 0.29) is 11.8 Å². The fourth-order valence-electron chi connectivity index (χ4n) is 4.00. The van der Waals surface area contributed by atoms with Gasteiger partial charge in [-0.1, -0.05) is 19.8 Å². The molecule has 2 saturated heterocycles. The standard InChI is InChI=1S/C16H28N2O3S/c1-2-3-4-11-22(20,21)17-10-9-15-13(12-17)5-8-16(19)18(15)14-6-7-14/h13-15H,2-12H2,1H3/t13-,15+/m0/s1. The molecule has 0 spiro atoms. The van der Waals surface area contributed by atoms with Crippen LogP contribution in [0, 0.1) is 5.92 Å². The second-order valence-corrected chi connectivity index (χ2v) is 9.16.